The molecule has 0 unspecified atom stereocenters. The van der Waals surface area contributed by atoms with Crippen LogP contribution in [0.5, 0.6) is 0 Å². The van der Waals surface area contributed by atoms with Crippen molar-refractivity contribution in [2.24, 2.45) is 0 Å². The predicted molar refractivity (Wildman–Crippen MR) is 66.3 cm³/mol. The smallest absolute Gasteiger partial charge is 0.0925 e. The first kappa shape index (κ1) is 9.70. The van der Waals surface area contributed by atoms with E-state index in [9.17, 15) is 0 Å². The van der Waals surface area contributed by atoms with Gasteiger partial charge >= 0.3 is 0 Å². The summed E-state index contributed by atoms with van der Waals surface area (Å²) >= 11 is 0. The van der Waals surface area contributed by atoms with E-state index in [-0.39, 0.29) is 0 Å². The van der Waals surface area contributed by atoms with Crippen molar-refractivity contribution in [2.75, 3.05) is 5.73 Å². The van der Waals surface area contributed by atoms with Crippen molar-refractivity contribution in [1.29, 1.82) is 0 Å². The van der Waals surface area contributed by atoms with Crippen LogP contribution in [0.3, 0.4) is 0 Å². The van der Waals surface area contributed by atoms with Crippen LogP contribution in [0.1, 0.15) is 43.7 Å². The molecule has 3 heteroatoms. The van der Waals surface area contributed by atoms with Gasteiger partial charge in [0.15, 0.2) is 0 Å². The molecule has 0 bridgehead atoms. The van der Waals surface area contributed by atoms with Gasteiger partial charge in [-0.05, 0) is 31.0 Å². The van der Waals surface area contributed by atoms with Crippen molar-refractivity contribution in [1.82, 2.24) is 10.2 Å². The highest BCUT2D eigenvalue weighted by Crippen LogP contribution is 2.35. The van der Waals surface area contributed by atoms with E-state index in [0.29, 0.717) is 5.92 Å². The average Bonchev–Trinajstić information content (AvgIpc) is 2.73. The second-order valence-corrected chi connectivity index (χ2v) is 4.75. The lowest BCUT2D eigenvalue weighted by atomic mass is 9.86. The summed E-state index contributed by atoms with van der Waals surface area (Å²) in [6.45, 7) is 0. The topological polar surface area (TPSA) is 54.7 Å². The summed E-state index contributed by atoms with van der Waals surface area (Å²) in [6.07, 6.45) is 6.63. The number of H-pyrrole nitrogens is 1. The second-order valence-electron chi connectivity index (χ2n) is 4.75. The molecule has 1 aliphatic carbocycles. The van der Waals surface area contributed by atoms with E-state index in [2.05, 4.69) is 10.2 Å². The number of nitrogens with zero attached hydrogens (tertiary/aromatic N) is 1. The Morgan fingerprint density at radius 1 is 1.19 bits per heavy atom. The van der Waals surface area contributed by atoms with Crippen LogP contribution in [0.15, 0.2) is 18.2 Å². The number of hydrogen-bond acceptors (Lipinski definition) is 2. The molecular formula is C13H17N3. The molecule has 1 aliphatic rings. The Labute approximate surface area is 95.0 Å². The number of nitrogens with one attached hydrogen (secondary N) is 1. The third-order valence-electron chi connectivity index (χ3n) is 3.62. The normalized spacial score (nSPS) is 18.0. The van der Waals surface area contributed by atoms with Crippen LogP contribution in [-0.4, -0.2) is 10.2 Å². The zero-order valence-electron chi connectivity index (χ0n) is 9.37. The van der Waals surface area contributed by atoms with Crippen molar-refractivity contribution in [2.45, 2.75) is 38.0 Å². The Bertz CT molecular complexity index is 495. The zero-order valence-corrected chi connectivity index (χ0v) is 9.37. The van der Waals surface area contributed by atoms with E-state index in [1.54, 1.807) is 0 Å². The third kappa shape index (κ3) is 1.56. The SMILES string of the molecule is Nc1ccc2n[nH]c(C3CCCCC3)c2c1. The van der Waals surface area contributed by atoms with Crippen LogP contribution >= 0.6 is 0 Å². The van der Waals surface area contributed by atoms with E-state index < -0.39 is 0 Å². The molecule has 0 aliphatic heterocycles. The number of anilines is 1. The van der Waals surface area contributed by atoms with Crippen LogP contribution < -0.4 is 5.73 Å². The largest absolute Gasteiger partial charge is 0.399 e. The molecule has 0 amide bonds. The highest BCUT2D eigenvalue weighted by molar-refractivity contribution is 5.84. The summed E-state index contributed by atoms with van der Waals surface area (Å²) in [4.78, 5) is 0. The number of nitrogens with two attached hydrogens (primary N) is 1. The highest BCUT2D eigenvalue weighted by atomic mass is 15.1. The lowest BCUT2D eigenvalue weighted by Crippen LogP contribution is -2.05. The zero-order chi connectivity index (χ0) is 11.0. The van der Waals surface area contributed by atoms with Gasteiger partial charge in [0, 0.05) is 22.7 Å². The molecule has 16 heavy (non-hydrogen) atoms. The number of hydrogen-bond donors (Lipinski definition) is 2. The number of nitrogen functional groups attached to an aromatic ring is 1. The van der Waals surface area contributed by atoms with Crippen LogP contribution in [0.25, 0.3) is 10.9 Å². The minimum atomic E-state index is 0.653. The first-order valence-electron chi connectivity index (χ1n) is 6.08. The summed E-state index contributed by atoms with van der Waals surface area (Å²) in [5, 5.41) is 8.77. The second kappa shape index (κ2) is 3.81. The fraction of sp³-hybridized carbons (Fsp3) is 0.462. The summed E-state index contributed by atoms with van der Waals surface area (Å²) in [6, 6.07) is 5.95. The summed E-state index contributed by atoms with van der Waals surface area (Å²) in [7, 11) is 0. The van der Waals surface area contributed by atoms with Crippen LogP contribution in [0.4, 0.5) is 5.69 Å². The Balaban J connectivity index is 2.05. The van der Waals surface area contributed by atoms with Gasteiger partial charge in [0.25, 0.3) is 0 Å². The van der Waals surface area contributed by atoms with E-state index in [0.717, 1.165) is 11.2 Å². The standard InChI is InChI=1S/C13H17N3/c14-10-6-7-12-11(8-10)13(16-15-12)9-4-2-1-3-5-9/h6-9H,1-5,14H2,(H,15,16). The van der Waals surface area contributed by atoms with Gasteiger partial charge in [-0.3, -0.25) is 5.10 Å². The molecule has 0 saturated heterocycles. The van der Waals surface area contributed by atoms with Crippen LogP contribution in [0.2, 0.25) is 0 Å². The summed E-state index contributed by atoms with van der Waals surface area (Å²) in [5.74, 6) is 0.653. The first-order valence-corrected chi connectivity index (χ1v) is 6.08. The van der Waals surface area contributed by atoms with Crippen LogP contribution in [-0.2, 0) is 0 Å². The molecule has 84 valence electrons. The van der Waals surface area contributed by atoms with E-state index in [4.69, 9.17) is 5.73 Å². The molecule has 3 nitrogen and oxygen atoms in total. The maximum Gasteiger partial charge on any atom is 0.0925 e. The molecule has 3 N–H and O–H groups in total. The average molecular weight is 215 g/mol. The maximum atomic E-state index is 5.84. The summed E-state index contributed by atoms with van der Waals surface area (Å²) < 4.78 is 0. The third-order valence-corrected chi connectivity index (χ3v) is 3.62. The molecule has 3 rings (SSSR count). The van der Waals surface area contributed by atoms with Gasteiger partial charge in [-0.2, -0.15) is 5.10 Å². The molecule has 0 radical (unpaired) electrons. The maximum absolute atomic E-state index is 5.84. The Morgan fingerprint density at radius 2 is 2.00 bits per heavy atom. The number of aromatic nitrogens is 2. The van der Waals surface area contributed by atoms with E-state index in [1.807, 2.05) is 18.2 Å². The number of benzene rings is 1. The van der Waals surface area contributed by atoms with Crippen molar-refractivity contribution in [3.8, 4) is 0 Å². The van der Waals surface area contributed by atoms with Crippen molar-refractivity contribution >= 4 is 16.6 Å². The molecule has 2 aromatic rings. The highest BCUT2D eigenvalue weighted by Gasteiger charge is 2.19. The first-order chi connectivity index (χ1) is 7.84. The van der Waals surface area contributed by atoms with Gasteiger partial charge in [-0.25, -0.2) is 0 Å². The van der Waals surface area contributed by atoms with Crippen molar-refractivity contribution in [3.63, 3.8) is 0 Å². The predicted octanol–water partition coefficient (Wildman–Crippen LogP) is 3.19. The molecule has 0 spiro atoms. The Hall–Kier alpha value is -1.51. The van der Waals surface area contributed by atoms with E-state index >= 15 is 0 Å². The molecule has 1 aromatic carbocycles. The van der Waals surface area contributed by atoms with Crippen LogP contribution in [0, 0.1) is 0 Å². The van der Waals surface area contributed by atoms with Gasteiger partial charge in [0.1, 0.15) is 0 Å². The fourth-order valence-corrected chi connectivity index (χ4v) is 2.75. The molecule has 1 saturated carbocycles. The monoisotopic (exact) mass is 215 g/mol. The van der Waals surface area contributed by atoms with Crippen molar-refractivity contribution in [3.05, 3.63) is 23.9 Å². The van der Waals surface area contributed by atoms with Gasteiger partial charge in [-0.15, -0.1) is 0 Å². The molecule has 1 heterocycles. The minimum Gasteiger partial charge on any atom is -0.399 e. The molecule has 1 aromatic heterocycles. The molecule has 1 fully saturated rings. The lowest BCUT2D eigenvalue weighted by molar-refractivity contribution is 0.438. The summed E-state index contributed by atoms with van der Waals surface area (Å²) in [5.41, 5.74) is 9.00. The number of rotatable bonds is 1. The van der Waals surface area contributed by atoms with Gasteiger partial charge in [0.05, 0.1) is 5.52 Å². The van der Waals surface area contributed by atoms with E-state index in [1.165, 1.54) is 43.2 Å². The molecular weight excluding hydrogens is 198 g/mol. The van der Waals surface area contributed by atoms with Crippen molar-refractivity contribution < 1.29 is 0 Å². The Kier molecular flexibility index (Phi) is 2.31. The van der Waals surface area contributed by atoms with Gasteiger partial charge in [0.2, 0.25) is 0 Å². The number of fused-ring (bicyclic) bond motifs is 1. The lowest BCUT2D eigenvalue weighted by Gasteiger charge is -2.20. The molecule has 0 atom stereocenters. The van der Waals surface area contributed by atoms with Gasteiger partial charge < -0.3 is 5.73 Å². The minimum absolute atomic E-state index is 0.653. The number of aromatic amines is 1. The Morgan fingerprint density at radius 3 is 2.81 bits per heavy atom. The van der Waals surface area contributed by atoms with Gasteiger partial charge in [-0.1, -0.05) is 19.3 Å². The fourth-order valence-electron chi connectivity index (χ4n) is 2.75. The quantitative estimate of drug-likeness (QED) is 0.718.